The standard InChI is InChI=1S/C2H7N.Ag/c1-2-3;/h2-3H2,1H3;. The zero-order chi connectivity index (χ0) is 2.71. The zero-order valence-corrected chi connectivity index (χ0v) is 4.07. The fourth-order valence-corrected chi connectivity index (χ4v) is 0. The first-order chi connectivity index (χ1) is 1.41. The molecule has 0 aromatic rings. The number of nitrogens with two attached hydrogens (primary N) is 1. The summed E-state index contributed by atoms with van der Waals surface area (Å²) in [6.07, 6.45) is 0. The Morgan fingerprint density at radius 2 is 1.75 bits per heavy atom. The Morgan fingerprint density at radius 1 is 1.75 bits per heavy atom. The van der Waals surface area contributed by atoms with Crippen LogP contribution in [0.5, 0.6) is 0 Å². The molecule has 1 radical (unpaired) electrons. The molecule has 0 aromatic heterocycles. The van der Waals surface area contributed by atoms with E-state index in [-0.39, 0.29) is 22.4 Å². The first kappa shape index (κ1) is 8.83. The summed E-state index contributed by atoms with van der Waals surface area (Å²) in [5.74, 6) is 0. The van der Waals surface area contributed by atoms with Crippen molar-refractivity contribution < 1.29 is 22.4 Å². The number of hydrogen-bond donors (Lipinski definition) is 1. The van der Waals surface area contributed by atoms with Crippen molar-refractivity contribution in [2.45, 2.75) is 6.92 Å². The summed E-state index contributed by atoms with van der Waals surface area (Å²) in [6.45, 7) is 2.65. The van der Waals surface area contributed by atoms with Crippen molar-refractivity contribution in [3.8, 4) is 0 Å². The first-order valence-corrected chi connectivity index (χ1v) is 1.12. The summed E-state index contributed by atoms with van der Waals surface area (Å²) in [7, 11) is 0. The summed E-state index contributed by atoms with van der Waals surface area (Å²) in [6, 6.07) is 0. The van der Waals surface area contributed by atoms with Gasteiger partial charge < -0.3 is 5.73 Å². The van der Waals surface area contributed by atoms with Crippen LogP contribution in [0.15, 0.2) is 0 Å². The van der Waals surface area contributed by atoms with Crippen LogP contribution in [-0.2, 0) is 22.4 Å². The molecule has 0 aromatic carbocycles. The van der Waals surface area contributed by atoms with Crippen molar-refractivity contribution in [1.29, 1.82) is 0 Å². The normalized spacial score (nSPS) is 4.50. The van der Waals surface area contributed by atoms with Gasteiger partial charge in [-0.1, -0.05) is 6.92 Å². The molecule has 0 heterocycles. The predicted octanol–water partition coefficient (Wildman–Crippen LogP) is -0.0375. The minimum absolute atomic E-state index is 0. The van der Waals surface area contributed by atoms with Gasteiger partial charge in [0.15, 0.2) is 0 Å². The molecule has 0 aliphatic rings. The summed E-state index contributed by atoms with van der Waals surface area (Å²) in [5, 5.41) is 0. The van der Waals surface area contributed by atoms with Crippen LogP contribution >= 0.6 is 0 Å². The number of hydrogen-bond acceptors (Lipinski definition) is 1. The van der Waals surface area contributed by atoms with Gasteiger partial charge in [0.05, 0.1) is 0 Å². The third-order valence-corrected chi connectivity index (χ3v) is 0. The van der Waals surface area contributed by atoms with Crippen molar-refractivity contribution in [3.63, 3.8) is 0 Å². The Labute approximate surface area is 42.1 Å². The molecule has 0 bridgehead atoms. The Hall–Kier alpha value is 0.700. The fraction of sp³-hybridized carbons (Fsp3) is 1.00. The van der Waals surface area contributed by atoms with Crippen molar-refractivity contribution in [3.05, 3.63) is 0 Å². The molecule has 4 heavy (non-hydrogen) atoms. The van der Waals surface area contributed by atoms with Crippen LogP contribution in [0.4, 0.5) is 0 Å². The Balaban J connectivity index is 0. The molecule has 0 aliphatic heterocycles. The molecular weight excluding hydrogens is 146 g/mol. The molecule has 0 saturated heterocycles. The maximum Gasteiger partial charge on any atom is 0 e. The summed E-state index contributed by atoms with van der Waals surface area (Å²) < 4.78 is 0. The van der Waals surface area contributed by atoms with Crippen LogP contribution in [0, 0.1) is 0 Å². The van der Waals surface area contributed by atoms with Crippen LogP contribution in [0.2, 0.25) is 0 Å². The second-order valence-electron chi connectivity index (χ2n) is 0.408. The van der Waals surface area contributed by atoms with E-state index >= 15 is 0 Å². The monoisotopic (exact) mass is 152 g/mol. The molecule has 31 valence electrons. The van der Waals surface area contributed by atoms with Crippen LogP contribution in [0.3, 0.4) is 0 Å². The first-order valence-electron chi connectivity index (χ1n) is 1.12. The minimum Gasteiger partial charge on any atom is -0.331 e. The topological polar surface area (TPSA) is 26.0 Å². The molecule has 0 aliphatic carbocycles. The quantitative estimate of drug-likeness (QED) is 0.485. The molecule has 0 rings (SSSR count). The van der Waals surface area contributed by atoms with E-state index in [2.05, 4.69) is 0 Å². The fourth-order valence-electron chi connectivity index (χ4n) is 0. The Bertz CT molecular complexity index is 6.00. The second-order valence-corrected chi connectivity index (χ2v) is 0.408. The molecule has 2 N–H and O–H groups in total. The van der Waals surface area contributed by atoms with Gasteiger partial charge in [-0.2, -0.15) is 0 Å². The van der Waals surface area contributed by atoms with Crippen molar-refractivity contribution in [1.82, 2.24) is 0 Å². The van der Waals surface area contributed by atoms with Gasteiger partial charge in [-0.15, -0.1) is 0 Å². The third-order valence-electron chi connectivity index (χ3n) is 0. The maximum absolute atomic E-state index is 4.85. The van der Waals surface area contributed by atoms with E-state index in [0.717, 1.165) is 6.54 Å². The SMILES string of the molecule is CCN.[Ag]. The van der Waals surface area contributed by atoms with E-state index in [1.54, 1.807) is 0 Å². The molecule has 2 heteroatoms. The van der Waals surface area contributed by atoms with E-state index in [1.807, 2.05) is 6.92 Å². The van der Waals surface area contributed by atoms with E-state index in [4.69, 9.17) is 5.73 Å². The largest absolute Gasteiger partial charge is 0.331 e. The summed E-state index contributed by atoms with van der Waals surface area (Å²) in [4.78, 5) is 0. The molecule has 0 spiro atoms. The third kappa shape index (κ3) is 15.9. The summed E-state index contributed by atoms with van der Waals surface area (Å²) in [5.41, 5.74) is 4.85. The van der Waals surface area contributed by atoms with Gasteiger partial charge in [0.25, 0.3) is 0 Å². The van der Waals surface area contributed by atoms with Gasteiger partial charge >= 0.3 is 0 Å². The van der Waals surface area contributed by atoms with Crippen LogP contribution in [-0.4, -0.2) is 6.54 Å². The molecule has 0 amide bonds. The molecule has 0 saturated carbocycles. The van der Waals surface area contributed by atoms with Gasteiger partial charge in [-0.05, 0) is 6.54 Å². The second kappa shape index (κ2) is 9.33. The average Bonchev–Trinajstić information content (AvgIpc) is 0.918. The van der Waals surface area contributed by atoms with E-state index in [9.17, 15) is 0 Å². The Kier molecular flexibility index (Phi) is 20.6. The van der Waals surface area contributed by atoms with E-state index in [1.165, 1.54) is 0 Å². The van der Waals surface area contributed by atoms with Gasteiger partial charge in [0.1, 0.15) is 0 Å². The van der Waals surface area contributed by atoms with Crippen LogP contribution in [0.25, 0.3) is 0 Å². The minimum atomic E-state index is 0. The van der Waals surface area contributed by atoms with Gasteiger partial charge in [-0.3, -0.25) is 0 Å². The smallest absolute Gasteiger partial charge is 0 e. The van der Waals surface area contributed by atoms with Crippen LogP contribution < -0.4 is 5.73 Å². The molecule has 0 unspecified atom stereocenters. The maximum atomic E-state index is 4.85. The van der Waals surface area contributed by atoms with Crippen molar-refractivity contribution in [2.75, 3.05) is 6.54 Å². The molecular formula is C2H7AgN. The Morgan fingerprint density at radius 3 is 1.75 bits per heavy atom. The van der Waals surface area contributed by atoms with Gasteiger partial charge in [0, 0.05) is 22.4 Å². The van der Waals surface area contributed by atoms with Crippen molar-refractivity contribution >= 4 is 0 Å². The molecule has 0 fully saturated rings. The molecule has 1 nitrogen and oxygen atoms in total. The van der Waals surface area contributed by atoms with Crippen molar-refractivity contribution in [2.24, 2.45) is 5.73 Å². The van der Waals surface area contributed by atoms with E-state index < -0.39 is 0 Å². The van der Waals surface area contributed by atoms with E-state index in [0.29, 0.717) is 0 Å². The molecule has 0 atom stereocenters. The predicted molar refractivity (Wildman–Crippen MR) is 14.7 cm³/mol. The summed E-state index contributed by atoms with van der Waals surface area (Å²) >= 11 is 0. The van der Waals surface area contributed by atoms with Crippen LogP contribution in [0.1, 0.15) is 6.92 Å². The van der Waals surface area contributed by atoms with Gasteiger partial charge in [0.2, 0.25) is 0 Å². The average molecular weight is 153 g/mol. The number of rotatable bonds is 0. The zero-order valence-electron chi connectivity index (χ0n) is 2.59. The van der Waals surface area contributed by atoms with Gasteiger partial charge in [-0.25, -0.2) is 0 Å².